The van der Waals surface area contributed by atoms with E-state index in [-0.39, 0.29) is 5.91 Å². The third-order valence-corrected chi connectivity index (χ3v) is 6.75. The van der Waals surface area contributed by atoms with E-state index in [0.29, 0.717) is 32.1 Å². The minimum Gasteiger partial charge on any atom is -0.486 e. The van der Waals surface area contributed by atoms with Crippen LogP contribution in [0.4, 0.5) is 0 Å². The highest BCUT2D eigenvalue weighted by atomic mass is 32.2. The normalized spacial score (nSPS) is 12.8. The van der Waals surface area contributed by atoms with Gasteiger partial charge < -0.3 is 14.4 Å². The zero-order chi connectivity index (χ0) is 18.4. The van der Waals surface area contributed by atoms with Gasteiger partial charge in [-0.3, -0.25) is 4.79 Å². The van der Waals surface area contributed by atoms with Crippen LogP contribution in [0.1, 0.15) is 19.4 Å². The standard InChI is InChI=1S/C17H21N3O3S3/c1-3-20(10-12-5-6-13-14(9-12)23-8-7-22-13)15(21)11-25-17-19-18-16(26-17)24-4-2/h5-6,9H,3-4,7-8,10-11H2,1-2H3. The highest BCUT2D eigenvalue weighted by Gasteiger charge is 2.17. The fourth-order valence-corrected chi connectivity index (χ4v) is 5.25. The summed E-state index contributed by atoms with van der Waals surface area (Å²) in [7, 11) is 0. The lowest BCUT2D eigenvalue weighted by Gasteiger charge is -2.23. The lowest BCUT2D eigenvalue weighted by atomic mass is 10.2. The van der Waals surface area contributed by atoms with Crippen LogP contribution < -0.4 is 9.47 Å². The average Bonchev–Trinajstić information content (AvgIpc) is 3.12. The summed E-state index contributed by atoms with van der Waals surface area (Å²) in [5.41, 5.74) is 1.03. The third kappa shape index (κ3) is 5.05. The van der Waals surface area contributed by atoms with Crippen molar-refractivity contribution in [1.29, 1.82) is 0 Å². The van der Waals surface area contributed by atoms with Crippen molar-refractivity contribution in [1.82, 2.24) is 15.1 Å². The van der Waals surface area contributed by atoms with Crippen LogP contribution in [0.3, 0.4) is 0 Å². The van der Waals surface area contributed by atoms with E-state index in [0.717, 1.165) is 31.5 Å². The molecule has 0 radical (unpaired) electrons. The first-order chi connectivity index (χ1) is 12.7. The number of ether oxygens (including phenoxy) is 2. The van der Waals surface area contributed by atoms with Crippen LogP contribution in [0.5, 0.6) is 11.5 Å². The van der Waals surface area contributed by atoms with E-state index in [4.69, 9.17) is 9.47 Å². The number of aromatic nitrogens is 2. The number of hydrogen-bond donors (Lipinski definition) is 0. The first-order valence-electron chi connectivity index (χ1n) is 8.45. The summed E-state index contributed by atoms with van der Waals surface area (Å²) in [5, 5.41) is 8.25. The molecular weight excluding hydrogens is 390 g/mol. The van der Waals surface area contributed by atoms with Crippen LogP contribution in [0.2, 0.25) is 0 Å². The maximum absolute atomic E-state index is 12.6. The molecule has 0 bridgehead atoms. The minimum atomic E-state index is 0.0901. The monoisotopic (exact) mass is 411 g/mol. The molecule has 140 valence electrons. The lowest BCUT2D eigenvalue weighted by Crippen LogP contribution is -2.31. The van der Waals surface area contributed by atoms with Gasteiger partial charge in [0.1, 0.15) is 13.2 Å². The number of nitrogens with zero attached hydrogens (tertiary/aromatic N) is 3. The van der Waals surface area contributed by atoms with E-state index >= 15 is 0 Å². The third-order valence-electron chi connectivity index (χ3n) is 3.69. The Kier molecular flexibility index (Phi) is 7.04. The molecule has 2 aromatic rings. The number of fused-ring (bicyclic) bond motifs is 1. The SMILES string of the molecule is CCSc1nnc(SCC(=O)N(CC)Cc2ccc3c(c2)OCCO3)s1. The molecule has 0 spiro atoms. The van der Waals surface area contributed by atoms with Gasteiger partial charge in [-0.25, -0.2) is 0 Å². The topological polar surface area (TPSA) is 64.6 Å². The highest BCUT2D eigenvalue weighted by Crippen LogP contribution is 2.31. The Hall–Kier alpha value is -1.45. The summed E-state index contributed by atoms with van der Waals surface area (Å²) in [4.78, 5) is 14.4. The molecule has 9 heteroatoms. The van der Waals surface area contributed by atoms with Crippen LogP contribution in [0.15, 0.2) is 26.9 Å². The molecule has 0 saturated carbocycles. The number of thioether (sulfide) groups is 2. The first-order valence-corrected chi connectivity index (χ1v) is 11.2. The Balaban J connectivity index is 1.56. The fraction of sp³-hybridized carbons (Fsp3) is 0.471. The molecule has 2 heterocycles. The van der Waals surface area contributed by atoms with E-state index in [1.807, 2.05) is 30.0 Å². The first kappa shape index (κ1) is 19.3. The predicted molar refractivity (Wildman–Crippen MR) is 106 cm³/mol. The summed E-state index contributed by atoms with van der Waals surface area (Å²) in [6.45, 7) is 6.41. The molecular formula is C17H21N3O3S3. The van der Waals surface area contributed by atoms with Gasteiger partial charge in [0, 0.05) is 13.1 Å². The van der Waals surface area contributed by atoms with Crippen molar-refractivity contribution >= 4 is 40.8 Å². The van der Waals surface area contributed by atoms with Gasteiger partial charge in [0.15, 0.2) is 20.2 Å². The van der Waals surface area contributed by atoms with Crippen molar-refractivity contribution in [3.05, 3.63) is 23.8 Å². The molecule has 1 amide bonds. The largest absolute Gasteiger partial charge is 0.486 e. The number of hydrogen-bond acceptors (Lipinski definition) is 8. The fourth-order valence-electron chi connectivity index (χ4n) is 2.43. The van der Waals surface area contributed by atoms with Gasteiger partial charge in [-0.05, 0) is 30.4 Å². The molecule has 0 atom stereocenters. The maximum Gasteiger partial charge on any atom is 0.233 e. The minimum absolute atomic E-state index is 0.0901. The summed E-state index contributed by atoms with van der Waals surface area (Å²) >= 11 is 4.66. The van der Waals surface area contributed by atoms with Crippen molar-refractivity contribution in [2.24, 2.45) is 0 Å². The summed E-state index contributed by atoms with van der Waals surface area (Å²) in [6.07, 6.45) is 0. The van der Waals surface area contributed by atoms with Crippen LogP contribution >= 0.6 is 34.9 Å². The molecule has 0 fully saturated rings. The van der Waals surface area contributed by atoms with Gasteiger partial charge in [-0.15, -0.1) is 10.2 Å². The Morgan fingerprint density at radius 1 is 1.15 bits per heavy atom. The van der Waals surface area contributed by atoms with Crippen LogP contribution in [0, 0.1) is 0 Å². The van der Waals surface area contributed by atoms with E-state index in [1.54, 1.807) is 23.1 Å². The van der Waals surface area contributed by atoms with E-state index < -0.39 is 0 Å². The van der Waals surface area contributed by atoms with Gasteiger partial charge in [-0.2, -0.15) is 0 Å². The predicted octanol–water partition coefficient (Wildman–Crippen LogP) is 3.56. The Morgan fingerprint density at radius 3 is 2.62 bits per heavy atom. The van der Waals surface area contributed by atoms with Gasteiger partial charge >= 0.3 is 0 Å². The second-order valence-electron chi connectivity index (χ2n) is 5.44. The van der Waals surface area contributed by atoms with E-state index in [1.165, 1.54) is 11.8 Å². The lowest BCUT2D eigenvalue weighted by molar-refractivity contribution is -0.128. The molecule has 6 nitrogen and oxygen atoms in total. The molecule has 0 unspecified atom stereocenters. The molecule has 1 aromatic carbocycles. The summed E-state index contributed by atoms with van der Waals surface area (Å²) in [6, 6.07) is 5.84. The second-order valence-corrected chi connectivity index (χ2v) is 9.15. The molecule has 1 aliphatic rings. The molecule has 0 N–H and O–H groups in total. The quantitative estimate of drug-likeness (QED) is 0.615. The van der Waals surface area contributed by atoms with Gasteiger partial charge in [-0.1, -0.05) is 47.9 Å². The molecule has 1 aliphatic heterocycles. The average molecular weight is 412 g/mol. The van der Waals surface area contributed by atoms with Gasteiger partial charge in [0.05, 0.1) is 5.75 Å². The number of benzene rings is 1. The zero-order valence-electron chi connectivity index (χ0n) is 14.8. The Morgan fingerprint density at radius 2 is 1.88 bits per heavy atom. The van der Waals surface area contributed by atoms with Gasteiger partial charge in [0.2, 0.25) is 5.91 Å². The van der Waals surface area contributed by atoms with Crippen molar-refractivity contribution in [2.45, 2.75) is 29.1 Å². The van der Waals surface area contributed by atoms with Crippen LogP contribution in [0.25, 0.3) is 0 Å². The zero-order valence-corrected chi connectivity index (χ0v) is 17.2. The summed E-state index contributed by atoms with van der Waals surface area (Å²) in [5.74, 6) is 2.94. The highest BCUT2D eigenvalue weighted by molar-refractivity contribution is 8.03. The van der Waals surface area contributed by atoms with Crippen LogP contribution in [-0.4, -0.2) is 52.3 Å². The number of rotatable bonds is 8. The molecule has 26 heavy (non-hydrogen) atoms. The van der Waals surface area contributed by atoms with Gasteiger partial charge in [0.25, 0.3) is 0 Å². The van der Waals surface area contributed by atoms with E-state index in [2.05, 4.69) is 17.1 Å². The molecule has 0 aliphatic carbocycles. The number of carbonyl (C=O) groups is 1. The van der Waals surface area contributed by atoms with Crippen molar-refractivity contribution in [2.75, 3.05) is 31.3 Å². The molecule has 0 saturated heterocycles. The summed E-state index contributed by atoms with van der Waals surface area (Å²) < 4.78 is 12.9. The number of carbonyl (C=O) groups excluding carboxylic acids is 1. The van der Waals surface area contributed by atoms with Crippen molar-refractivity contribution in [3.8, 4) is 11.5 Å². The molecule has 1 aromatic heterocycles. The molecule has 3 rings (SSSR count). The number of amides is 1. The maximum atomic E-state index is 12.6. The van der Waals surface area contributed by atoms with Crippen molar-refractivity contribution < 1.29 is 14.3 Å². The Labute approximate surface area is 165 Å². The Bertz CT molecular complexity index is 754. The smallest absolute Gasteiger partial charge is 0.233 e. The second kappa shape index (κ2) is 9.48. The van der Waals surface area contributed by atoms with Crippen molar-refractivity contribution in [3.63, 3.8) is 0 Å². The van der Waals surface area contributed by atoms with E-state index in [9.17, 15) is 4.79 Å². The van der Waals surface area contributed by atoms with Crippen LogP contribution in [-0.2, 0) is 11.3 Å².